The van der Waals surface area contributed by atoms with Gasteiger partial charge in [0.15, 0.2) is 6.61 Å². The second-order valence-corrected chi connectivity index (χ2v) is 3.91. The predicted molar refractivity (Wildman–Crippen MR) is 75.0 cm³/mol. The van der Waals surface area contributed by atoms with E-state index in [1.54, 1.807) is 13.0 Å². The minimum atomic E-state index is -0.898. The molecule has 0 spiro atoms. The summed E-state index contributed by atoms with van der Waals surface area (Å²) in [5, 5.41) is 1.91. The van der Waals surface area contributed by atoms with Crippen LogP contribution in [0, 0.1) is 0 Å². The predicted octanol–water partition coefficient (Wildman–Crippen LogP) is 1.13. The van der Waals surface area contributed by atoms with Gasteiger partial charge in [0.1, 0.15) is 17.1 Å². The van der Waals surface area contributed by atoms with Crippen LogP contribution in [0.1, 0.15) is 17.3 Å². The van der Waals surface area contributed by atoms with Crippen molar-refractivity contribution in [1.82, 2.24) is 5.32 Å². The van der Waals surface area contributed by atoms with E-state index >= 15 is 0 Å². The van der Waals surface area contributed by atoms with Crippen LogP contribution in [-0.4, -0.2) is 45.4 Å². The van der Waals surface area contributed by atoms with Crippen LogP contribution in [0.2, 0.25) is 0 Å². The Hall–Kier alpha value is -2.77. The average molecular weight is 311 g/mol. The molecule has 0 saturated carbocycles. The molecule has 0 atom stereocenters. The highest BCUT2D eigenvalue weighted by molar-refractivity contribution is 5.96. The fraction of sp³-hybridized carbons (Fsp3) is 0.357. The summed E-state index contributed by atoms with van der Waals surface area (Å²) in [7, 11) is 2.87. The first-order valence-electron chi connectivity index (χ1n) is 6.37. The first kappa shape index (κ1) is 17.3. The van der Waals surface area contributed by atoms with E-state index in [0.717, 1.165) is 0 Å². The number of nitrogens with one attached hydrogen (secondary N) is 1. The number of rotatable bonds is 6. The first-order valence-corrected chi connectivity index (χ1v) is 6.37. The molecule has 0 heterocycles. The summed E-state index contributed by atoms with van der Waals surface area (Å²) in [6.07, 6.45) is -0.898. The highest BCUT2D eigenvalue weighted by Crippen LogP contribution is 2.25. The van der Waals surface area contributed by atoms with Gasteiger partial charge in [-0.25, -0.2) is 9.59 Å². The first-order chi connectivity index (χ1) is 10.5. The van der Waals surface area contributed by atoms with Crippen LogP contribution in [0.4, 0.5) is 4.79 Å². The number of methoxy groups -OCH3 is 2. The number of esters is 1. The van der Waals surface area contributed by atoms with Crippen LogP contribution < -0.4 is 14.8 Å². The van der Waals surface area contributed by atoms with Gasteiger partial charge < -0.3 is 18.9 Å². The lowest BCUT2D eigenvalue weighted by atomic mass is 10.2. The van der Waals surface area contributed by atoms with Crippen molar-refractivity contribution in [1.29, 1.82) is 0 Å². The number of amides is 2. The molecule has 0 aromatic heterocycles. The molecule has 0 saturated heterocycles. The molecule has 8 heteroatoms. The van der Waals surface area contributed by atoms with Crippen LogP contribution in [0.25, 0.3) is 0 Å². The Morgan fingerprint density at radius 2 is 1.82 bits per heavy atom. The third kappa shape index (κ3) is 4.97. The van der Waals surface area contributed by atoms with E-state index in [1.165, 1.54) is 26.4 Å². The number of ether oxygens (including phenoxy) is 4. The normalized spacial score (nSPS) is 9.59. The summed E-state index contributed by atoms with van der Waals surface area (Å²) in [6.45, 7) is 1.11. The molecule has 0 aliphatic carbocycles. The molecule has 1 aromatic rings. The molecule has 8 nitrogen and oxygen atoms in total. The van der Waals surface area contributed by atoms with Gasteiger partial charge in [-0.15, -0.1) is 0 Å². The van der Waals surface area contributed by atoms with Crippen LogP contribution in [0.5, 0.6) is 11.5 Å². The Bertz CT molecular complexity index is 556. The molecular formula is C14H17NO7. The summed E-state index contributed by atoms with van der Waals surface area (Å²) >= 11 is 0. The van der Waals surface area contributed by atoms with E-state index in [-0.39, 0.29) is 17.9 Å². The number of carbonyl (C=O) groups is 3. The van der Waals surface area contributed by atoms with E-state index in [2.05, 4.69) is 4.74 Å². The molecular weight excluding hydrogens is 294 g/mol. The van der Waals surface area contributed by atoms with Crippen LogP contribution in [-0.2, 0) is 14.3 Å². The van der Waals surface area contributed by atoms with Gasteiger partial charge in [-0.2, -0.15) is 0 Å². The van der Waals surface area contributed by atoms with Crippen LogP contribution >= 0.6 is 0 Å². The van der Waals surface area contributed by atoms with E-state index in [1.807, 2.05) is 5.32 Å². The second-order valence-electron chi connectivity index (χ2n) is 3.91. The lowest BCUT2D eigenvalue weighted by Gasteiger charge is -2.10. The fourth-order valence-electron chi connectivity index (χ4n) is 1.49. The van der Waals surface area contributed by atoms with Gasteiger partial charge in [-0.1, -0.05) is 0 Å². The standard InChI is InChI=1S/C14H17NO7/c1-4-21-14(18)15-12(16)8-22-13(17)10-6-5-9(19-2)7-11(10)20-3/h5-7H,4,8H2,1-3H3,(H,15,16,18). The maximum atomic E-state index is 11.9. The van der Waals surface area contributed by atoms with Crippen molar-refractivity contribution in [2.45, 2.75) is 6.92 Å². The van der Waals surface area contributed by atoms with Gasteiger partial charge in [0.2, 0.25) is 0 Å². The molecule has 1 N–H and O–H groups in total. The summed E-state index contributed by atoms with van der Waals surface area (Å²) in [6, 6.07) is 4.51. The zero-order valence-electron chi connectivity index (χ0n) is 12.5. The highest BCUT2D eigenvalue weighted by Gasteiger charge is 2.17. The number of imide groups is 1. The minimum Gasteiger partial charge on any atom is -0.497 e. The van der Waals surface area contributed by atoms with Gasteiger partial charge in [0.05, 0.1) is 20.8 Å². The SMILES string of the molecule is CCOC(=O)NC(=O)COC(=O)c1ccc(OC)cc1OC. The highest BCUT2D eigenvalue weighted by atomic mass is 16.6. The van der Waals surface area contributed by atoms with Crippen molar-refractivity contribution in [2.75, 3.05) is 27.4 Å². The summed E-state index contributed by atoms with van der Waals surface area (Å²) in [5.74, 6) is -0.804. The van der Waals surface area contributed by atoms with Gasteiger partial charge >= 0.3 is 12.1 Å². The Labute approximate surface area is 127 Å². The number of alkyl carbamates (subject to hydrolysis) is 1. The van der Waals surface area contributed by atoms with Gasteiger partial charge in [0.25, 0.3) is 5.91 Å². The summed E-state index contributed by atoms with van der Waals surface area (Å²) in [5.41, 5.74) is 0.132. The second kappa shape index (κ2) is 8.50. The van der Waals surface area contributed by atoms with Crippen molar-refractivity contribution >= 4 is 18.0 Å². The molecule has 0 aliphatic heterocycles. The molecule has 2 amide bonds. The molecule has 22 heavy (non-hydrogen) atoms. The Kier molecular flexibility index (Phi) is 6.68. The largest absolute Gasteiger partial charge is 0.497 e. The average Bonchev–Trinajstić information content (AvgIpc) is 2.52. The summed E-state index contributed by atoms with van der Waals surface area (Å²) in [4.78, 5) is 34.3. The van der Waals surface area contributed by atoms with E-state index < -0.39 is 24.6 Å². The number of hydrogen-bond acceptors (Lipinski definition) is 7. The maximum absolute atomic E-state index is 11.9. The monoisotopic (exact) mass is 311 g/mol. The molecule has 0 bridgehead atoms. The molecule has 1 aromatic carbocycles. The molecule has 0 fully saturated rings. The Balaban J connectivity index is 2.62. The molecule has 0 radical (unpaired) electrons. The third-order valence-electron chi connectivity index (χ3n) is 2.48. The van der Waals surface area contributed by atoms with Crippen molar-refractivity contribution < 1.29 is 33.3 Å². The van der Waals surface area contributed by atoms with Crippen LogP contribution in [0.15, 0.2) is 18.2 Å². The van der Waals surface area contributed by atoms with E-state index in [4.69, 9.17) is 14.2 Å². The number of carbonyl (C=O) groups excluding carboxylic acids is 3. The van der Waals surface area contributed by atoms with Crippen molar-refractivity contribution in [3.8, 4) is 11.5 Å². The lowest BCUT2D eigenvalue weighted by Crippen LogP contribution is -2.34. The Morgan fingerprint density at radius 3 is 2.41 bits per heavy atom. The Morgan fingerprint density at radius 1 is 1.09 bits per heavy atom. The number of hydrogen-bond donors (Lipinski definition) is 1. The molecule has 1 rings (SSSR count). The topological polar surface area (TPSA) is 100 Å². The van der Waals surface area contributed by atoms with Crippen molar-refractivity contribution in [3.05, 3.63) is 23.8 Å². The fourth-order valence-corrected chi connectivity index (χ4v) is 1.49. The molecule has 120 valence electrons. The van der Waals surface area contributed by atoms with Crippen LogP contribution in [0.3, 0.4) is 0 Å². The molecule has 0 unspecified atom stereocenters. The quantitative estimate of drug-likeness (QED) is 0.786. The minimum absolute atomic E-state index is 0.127. The smallest absolute Gasteiger partial charge is 0.413 e. The maximum Gasteiger partial charge on any atom is 0.413 e. The third-order valence-corrected chi connectivity index (χ3v) is 2.48. The van der Waals surface area contributed by atoms with E-state index in [0.29, 0.717) is 5.75 Å². The van der Waals surface area contributed by atoms with Crippen molar-refractivity contribution in [2.24, 2.45) is 0 Å². The zero-order chi connectivity index (χ0) is 16.5. The van der Waals surface area contributed by atoms with Gasteiger partial charge in [0, 0.05) is 6.07 Å². The van der Waals surface area contributed by atoms with Gasteiger partial charge in [-0.3, -0.25) is 10.1 Å². The van der Waals surface area contributed by atoms with Gasteiger partial charge in [-0.05, 0) is 19.1 Å². The van der Waals surface area contributed by atoms with Crippen molar-refractivity contribution in [3.63, 3.8) is 0 Å². The molecule has 0 aliphatic rings. The number of benzene rings is 1. The lowest BCUT2D eigenvalue weighted by molar-refractivity contribution is -0.123. The summed E-state index contributed by atoms with van der Waals surface area (Å²) < 4.78 is 19.4. The zero-order valence-corrected chi connectivity index (χ0v) is 12.5. The van der Waals surface area contributed by atoms with E-state index in [9.17, 15) is 14.4 Å².